The standard InChI is InChI=1S/C19H23NO7.C9H19NO/c1-20-9-12(11-7-14(23-2)18-15(8-11)26-10-27-18)17(19(21)22)13(20)3-4-16-24-5-6-25-16;1-3-5-7-10(9-11)8-6-4-2/h5-8,12-13,16-17H,3-4,9-10H2,1-2H3,(H,21,22);9H,3-8H2,1-2H3. The highest BCUT2D eigenvalue weighted by molar-refractivity contribution is 5.73. The highest BCUT2D eigenvalue weighted by Gasteiger charge is 2.45. The summed E-state index contributed by atoms with van der Waals surface area (Å²) >= 11 is 0. The van der Waals surface area contributed by atoms with E-state index in [4.69, 9.17) is 23.7 Å². The van der Waals surface area contributed by atoms with Crippen LogP contribution in [-0.4, -0.2) is 80.2 Å². The summed E-state index contributed by atoms with van der Waals surface area (Å²) in [5, 5.41) is 9.96. The average Bonchev–Trinajstić information content (AvgIpc) is 3.67. The van der Waals surface area contributed by atoms with Crippen LogP contribution in [0.3, 0.4) is 0 Å². The SMILES string of the molecule is CCCCN(C=O)CCCC.COc1cc(C2CN(C)C(CCC3OC=CO3)C2C(=O)O)cc2c1OCO2. The first-order valence-corrected chi connectivity index (χ1v) is 13.5. The zero-order chi connectivity index (χ0) is 27.5. The lowest BCUT2D eigenvalue weighted by atomic mass is 9.83. The van der Waals surface area contributed by atoms with Gasteiger partial charge in [-0.05, 0) is 44.0 Å². The van der Waals surface area contributed by atoms with Crippen LogP contribution >= 0.6 is 0 Å². The monoisotopic (exact) mass is 534 g/mol. The molecule has 3 aliphatic heterocycles. The highest BCUT2D eigenvalue weighted by atomic mass is 16.7. The molecular weight excluding hydrogens is 492 g/mol. The van der Waals surface area contributed by atoms with Crippen molar-refractivity contribution >= 4 is 12.4 Å². The molecule has 3 atom stereocenters. The molecule has 1 saturated heterocycles. The van der Waals surface area contributed by atoms with E-state index in [0.717, 1.165) is 50.7 Å². The topological polar surface area (TPSA) is 107 Å². The fourth-order valence-electron chi connectivity index (χ4n) is 5.17. The third kappa shape index (κ3) is 7.46. The molecule has 3 heterocycles. The molecule has 1 aromatic rings. The zero-order valence-electron chi connectivity index (χ0n) is 23.0. The van der Waals surface area contributed by atoms with Crippen molar-refractivity contribution in [3.05, 3.63) is 30.2 Å². The van der Waals surface area contributed by atoms with Gasteiger partial charge < -0.3 is 38.6 Å². The van der Waals surface area contributed by atoms with Crippen LogP contribution in [0.1, 0.15) is 63.9 Å². The van der Waals surface area contributed by atoms with Gasteiger partial charge in [0, 0.05) is 38.0 Å². The molecule has 0 radical (unpaired) electrons. The van der Waals surface area contributed by atoms with E-state index in [1.54, 1.807) is 7.11 Å². The van der Waals surface area contributed by atoms with Crippen LogP contribution in [0.25, 0.3) is 0 Å². The van der Waals surface area contributed by atoms with Crippen LogP contribution in [0, 0.1) is 5.92 Å². The molecular formula is C28H42N2O8. The van der Waals surface area contributed by atoms with E-state index in [-0.39, 0.29) is 25.0 Å². The second-order valence-corrected chi connectivity index (χ2v) is 9.83. The Bertz CT molecular complexity index is 924. The molecule has 1 amide bonds. The van der Waals surface area contributed by atoms with E-state index in [1.807, 2.05) is 24.1 Å². The van der Waals surface area contributed by atoms with Crippen LogP contribution in [0.2, 0.25) is 0 Å². The molecule has 0 aliphatic carbocycles. The zero-order valence-corrected chi connectivity index (χ0v) is 23.0. The minimum absolute atomic E-state index is 0.114. The van der Waals surface area contributed by atoms with E-state index < -0.39 is 11.9 Å². The van der Waals surface area contributed by atoms with Gasteiger partial charge in [0.15, 0.2) is 11.5 Å². The first-order chi connectivity index (χ1) is 18.4. The number of likely N-dealkylation sites (tertiary alicyclic amines) is 1. The van der Waals surface area contributed by atoms with Gasteiger partial charge in [-0.1, -0.05) is 26.7 Å². The van der Waals surface area contributed by atoms with Crippen LogP contribution < -0.4 is 14.2 Å². The highest BCUT2D eigenvalue weighted by Crippen LogP contribution is 2.47. The smallest absolute Gasteiger partial charge is 0.308 e. The van der Waals surface area contributed by atoms with Crippen molar-refractivity contribution in [2.45, 2.75) is 70.6 Å². The van der Waals surface area contributed by atoms with Gasteiger partial charge >= 0.3 is 5.97 Å². The Labute approximate surface area is 225 Å². The number of amides is 1. The maximum Gasteiger partial charge on any atom is 0.308 e. The van der Waals surface area contributed by atoms with Crippen molar-refractivity contribution in [1.29, 1.82) is 0 Å². The average molecular weight is 535 g/mol. The summed E-state index contributed by atoms with van der Waals surface area (Å²) in [6, 6.07) is 3.61. The van der Waals surface area contributed by atoms with Gasteiger partial charge in [0.05, 0.1) is 13.0 Å². The number of benzene rings is 1. The number of nitrogens with zero attached hydrogens (tertiary/aromatic N) is 2. The summed E-state index contributed by atoms with van der Waals surface area (Å²) in [5.41, 5.74) is 0.882. The van der Waals surface area contributed by atoms with Gasteiger partial charge in [-0.3, -0.25) is 9.59 Å². The van der Waals surface area contributed by atoms with E-state index in [2.05, 4.69) is 18.7 Å². The predicted molar refractivity (Wildman–Crippen MR) is 141 cm³/mol. The molecule has 0 spiro atoms. The molecule has 38 heavy (non-hydrogen) atoms. The van der Waals surface area contributed by atoms with E-state index >= 15 is 0 Å². The number of methoxy groups -OCH3 is 1. The second kappa shape index (κ2) is 14.7. The number of rotatable bonds is 13. The number of aliphatic carboxylic acids is 1. The lowest BCUT2D eigenvalue weighted by Crippen LogP contribution is -2.34. The number of ether oxygens (including phenoxy) is 5. The molecule has 3 aliphatic rings. The molecule has 0 aromatic heterocycles. The molecule has 10 nitrogen and oxygen atoms in total. The van der Waals surface area contributed by atoms with Crippen molar-refractivity contribution in [2.24, 2.45) is 5.92 Å². The molecule has 1 N–H and O–H groups in total. The van der Waals surface area contributed by atoms with E-state index in [1.165, 1.54) is 12.5 Å². The first kappa shape index (κ1) is 29.4. The summed E-state index contributed by atoms with van der Waals surface area (Å²) < 4.78 is 27.0. The summed E-state index contributed by atoms with van der Waals surface area (Å²) in [5.74, 6) is 0.197. The molecule has 1 aromatic carbocycles. The van der Waals surface area contributed by atoms with Crippen LogP contribution in [0.5, 0.6) is 17.2 Å². The Balaban J connectivity index is 0.000000310. The largest absolute Gasteiger partial charge is 0.493 e. The molecule has 3 unspecified atom stereocenters. The number of carbonyl (C=O) groups excluding carboxylic acids is 1. The second-order valence-electron chi connectivity index (χ2n) is 9.83. The van der Waals surface area contributed by atoms with E-state index in [0.29, 0.717) is 36.6 Å². The van der Waals surface area contributed by atoms with Gasteiger partial charge in [0.2, 0.25) is 25.2 Å². The predicted octanol–water partition coefficient (Wildman–Crippen LogP) is 4.19. The Morgan fingerprint density at radius 1 is 1.13 bits per heavy atom. The van der Waals surface area contributed by atoms with Crippen molar-refractivity contribution < 1.29 is 38.4 Å². The van der Waals surface area contributed by atoms with Crippen LogP contribution in [0.4, 0.5) is 0 Å². The minimum atomic E-state index is -0.808. The Hall–Kier alpha value is -3.14. The molecule has 4 rings (SSSR count). The molecule has 212 valence electrons. The van der Waals surface area contributed by atoms with Crippen molar-refractivity contribution in [3.63, 3.8) is 0 Å². The van der Waals surface area contributed by atoms with Crippen molar-refractivity contribution in [3.8, 4) is 17.2 Å². The molecule has 10 heteroatoms. The number of hydrogen-bond donors (Lipinski definition) is 1. The molecule has 0 saturated carbocycles. The van der Waals surface area contributed by atoms with Gasteiger partial charge in [-0.2, -0.15) is 0 Å². The summed E-state index contributed by atoms with van der Waals surface area (Å²) in [6.45, 7) is 6.92. The third-order valence-corrected chi connectivity index (χ3v) is 7.25. The Kier molecular flexibility index (Phi) is 11.4. The maximum absolute atomic E-state index is 12.1. The van der Waals surface area contributed by atoms with Crippen molar-refractivity contribution in [2.75, 3.05) is 40.6 Å². The van der Waals surface area contributed by atoms with Gasteiger partial charge in [0.25, 0.3) is 0 Å². The summed E-state index contributed by atoms with van der Waals surface area (Å²) in [4.78, 5) is 26.5. The van der Waals surface area contributed by atoms with Crippen molar-refractivity contribution in [1.82, 2.24) is 9.80 Å². The fourth-order valence-corrected chi connectivity index (χ4v) is 5.17. The van der Waals surface area contributed by atoms with Gasteiger partial charge in [-0.15, -0.1) is 0 Å². The minimum Gasteiger partial charge on any atom is -0.493 e. The lowest BCUT2D eigenvalue weighted by molar-refractivity contribution is -0.143. The Morgan fingerprint density at radius 2 is 1.82 bits per heavy atom. The lowest BCUT2D eigenvalue weighted by Gasteiger charge is -2.24. The van der Waals surface area contributed by atoms with E-state index in [9.17, 15) is 14.7 Å². The number of hydrogen-bond acceptors (Lipinski definition) is 8. The Morgan fingerprint density at radius 3 is 2.39 bits per heavy atom. The molecule has 0 bridgehead atoms. The number of fused-ring (bicyclic) bond motifs is 1. The normalized spacial score (nSPS) is 21.8. The maximum atomic E-state index is 12.1. The quantitative estimate of drug-likeness (QED) is 0.373. The third-order valence-electron chi connectivity index (χ3n) is 7.25. The number of carboxylic acids is 1. The number of unbranched alkanes of at least 4 members (excludes halogenated alkanes) is 2. The molecule has 1 fully saturated rings. The summed E-state index contributed by atoms with van der Waals surface area (Å²) in [7, 11) is 3.52. The van der Waals surface area contributed by atoms with Gasteiger partial charge in [0.1, 0.15) is 12.5 Å². The number of carboxylic acid groups (broad SMARTS) is 1. The van der Waals surface area contributed by atoms with Gasteiger partial charge in [-0.25, -0.2) is 0 Å². The summed E-state index contributed by atoms with van der Waals surface area (Å²) in [6.07, 6.45) is 9.53. The number of likely N-dealkylation sites (N-methyl/N-ethyl adjacent to an activating group) is 1. The fraction of sp³-hybridized carbons (Fsp3) is 0.643. The van der Waals surface area contributed by atoms with Crippen LogP contribution in [0.15, 0.2) is 24.7 Å². The first-order valence-electron chi connectivity index (χ1n) is 13.5. The number of carbonyl (C=O) groups is 2. The van der Waals surface area contributed by atoms with Crippen LogP contribution in [-0.2, 0) is 19.1 Å².